The van der Waals surface area contributed by atoms with Crippen LogP contribution in [0.4, 0.5) is 5.00 Å². The Morgan fingerprint density at radius 1 is 1.47 bits per heavy atom. The molecule has 1 aromatic heterocycles. The Hall–Kier alpha value is -1.42. The van der Waals surface area contributed by atoms with E-state index < -0.39 is 0 Å². The first kappa shape index (κ1) is 14.0. The van der Waals surface area contributed by atoms with Crippen LogP contribution in [0, 0.1) is 11.3 Å². The summed E-state index contributed by atoms with van der Waals surface area (Å²) in [4.78, 5) is 12.9. The molecule has 1 aliphatic carbocycles. The number of hydrogen-bond acceptors (Lipinski definition) is 5. The Labute approximate surface area is 116 Å². The summed E-state index contributed by atoms with van der Waals surface area (Å²) < 4.78 is 9.97. The van der Waals surface area contributed by atoms with Crippen LogP contribution in [0.1, 0.15) is 22.4 Å². The zero-order valence-corrected chi connectivity index (χ0v) is 11.6. The van der Waals surface area contributed by atoms with Crippen LogP contribution in [0.5, 0.6) is 0 Å². The second-order valence-corrected chi connectivity index (χ2v) is 5.37. The number of thiophene rings is 1. The molecule has 0 aliphatic heterocycles. The lowest BCUT2D eigenvalue weighted by molar-refractivity contribution is -0.121. The second-order valence-electron chi connectivity index (χ2n) is 4.27. The highest BCUT2D eigenvalue weighted by atomic mass is 32.1. The fourth-order valence-electron chi connectivity index (χ4n) is 2.08. The van der Waals surface area contributed by atoms with Crippen molar-refractivity contribution in [2.24, 2.45) is 0 Å². The number of nitrogens with one attached hydrogen (secondary N) is 1. The van der Waals surface area contributed by atoms with Gasteiger partial charge in [-0.05, 0) is 24.8 Å². The smallest absolute Gasteiger partial charge is 0.251 e. The Kier molecular flexibility index (Phi) is 4.91. The van der Waals surface area contributed by atoms with Crippen molar-refractivity contribution in [2.75, 3.05) is 32.2 Å². The lowest BCUT2D eigenvalue weighted by atomic mass is 10.1. The molecule has 1 heterocycles. The predicted molar refractivity (Wildman–Crippen MR) is 72.4 cm³/mol. The first-order valence-corrected chi connectivity index (χ1v) is 6.99. The van der Waals surface area contributed by atoms with Gasteiger partial charge in [0, 0.05) is 12.0 Å². The van der Waals surface area contributed by atoms with Crippen LogP contribution in [0.2, 0.25) is 0 Å². The van der Waals surface area contributed by atoms with Gasteiger partial charge >= 0.3 is 0 Å². The molecule has 19 heavy (non-hydrogen) atoms. The summed E-state index contributed by atoms with van der Waals surface area (Å²) in [6.45, 7) is 0.830. The van der Waals surface area contributed by atoms with Crippen LogP contribution in [-0.4, -0.2) is 32.8 Å². The van der Waals surface area contributed by atoms with Gasteiger partial charge in [-0.3, -0.25) is 4.79 Å². The number of hydrogen-bond donors (Lipinski definition) is 1. The number of aryl methyl sites for hydroxylation is 1. The zero-order chi connectivity index (χ0) is 13.7. The van der Waals surface area contributed by atoms with Gasteiger partial charge in [-0.15, -0.1) is 11.3 Å². The number of rotatable bonds is 6. The first-order chi connectivity index (χ1) is 9.26. The van der Waals surface area contributed by atoms with Crippen LogP contribution in [0.25, 0.3) is 0 Å². The number of fused-ring (bicyclic) bond motifs is 1. The number of nitrogens with zero attached hydrogens (tertiary/aromatic N) is 1. The fraction of sp³-hybridized carbons (Fsp3) is 0.538. The van der Waals surface area contributed by atoms with Gasteiger partial charge in [-0.25, -0.2) is 0 Å². The number of methoxy groups -OCH3 is 1. The van der Waals surface area contributed by atoms with Crippen molar-refractivity contribution in [3.8, 4) is 6.07 Å². The molecule has 0 radical (unpaired) electrons. The van der Waals surface area contributed by atoms with Crippen molar-refractivity contribution >= 4 is 22.2 Å². The molecular weight excluding hydrogens is 264 g/mol. The van der Waals surface area contributed by atoms with Gasteiger partial charge in [0.05, 0.1) is 18.8 Å². The van der Waals surface area contributed by atoms with Gasteiger partial charge in [-0.1, -0.05) is 0 Å². The summed E-state index contributed by atoms with van der Waals surface area (Å²) in [6.07, 6.45) is 3.05. The molecule has 0 atom stereocenters. The normalized spacial score (nSPS) is 13.1. The maximum Gasteiger partial charge on any atom is 0.251 e. The van der Waals surface area contributed by atoms with Crippen molar-refractivity contribution in [1.29, 1.82) is 5.26 Å². The third kappa shape index (κ3) is 3.32. The minimum Gasteiger partial charge on any atom is -0.382 e. The maximum atomic E-state index is 11.7. The number of anilines is 1. The molecule has 0 bridgehead atoms. The van der Waals surface area contributed by atoms with Gasteiger partial charge in [0.1, 0.15) is 17.7 Å². The van der Waals surface area contributed by atoms with E-state index in [2.05, 4.69) is 11.4 Å². The minimum absolute atomic E-state index is 0.0171. The molecule has 1 aromatic rings. The minimum atomic E-state index is -0.229. The van der Waals surface area contributed by atoms with Crippen LogP contribution in [-0.2, 0) is 27.1 Å². The van der Waals surface area contributed by atoms with E-state index in [1.807, 2.05) is 0 Å². The Morgan fingerprint density at radius 3 is 3.05 bits per heavy atom. The third-order valence-electron chi connectivity index (χ3n) is 2.95. The number of carbonyl (C=O) groups excluding carboxylic acids is 1. The lowest BCUT2D eigenvalue weighted by Crippen LogP contribution is -2.19. The van der Waals surface area contributed by atoms with Gasteiger partial charge in [0.25, 0.3) is 5.91 Å². The van der Waals surface area contributed by atoms with E-state index in [9.17, 15) is 10.1 Å². The van der Waals surface area contributed by atoms with Gasteiger partial charge < -0.3 is 14.8 Å². The second kappa shape index (κ2) is 6.66. The van der Waals surface area contributed by atoms with E-state index in [1.165, 1.54) is 16.2 Å². The molecular formula is C13H16N2O3S. The van der Waals surface area contributed by atoms with Crippen molar-refractivity contribution in [3.05, 3.63) is 16.0 Å². The quantitative estimate of drug-likeness (QED) is 0.805. The van der Waals surface area contributed by atoms with E-state index >= 15 is 0 Å². The predicted octanol–water partition coefficient (Wildman–Crippen LogP) is 1.71. The summed E-state index contributed by atoms with van der Waals surface area (Å²) in [5, 5.41) is 12.6. The molecule has 0 unspecified atom stereocenters. The molecule has 0 saturated heterocycles. The molecule has 1 aliphatic rings. The largest absolute Gasteiger partial charge is 0.382 e. The SMILES string of the molecule is COCCOCC(=O)Nc1sc2c(c1C#N)CCC2. The Balaban J connectivity index is 1.93. The summed E-state index contributed by atoms with van der Waals surface area (Å²) in [6, 6.07) is 2.19. The molecule has 2 rings (SSSR count). The van der Waals surface area contributed by atoms with Gasteiger partial charge in [0.2, 0.25) is 0 Å². The van der Waals surface area contributed by atoms with Gasteiger partial charge in [-0.2, -0.15) is 5.26 Å². The standard InChI is InChI=1S/C13H16N2O3S/c1-17-5-6-18-8-12(16)15-13-10(7-14)9-3-2-4-11(9)19-13/h2-6,8H2,1H3,(H,15,16). The maximum absolute atomic E-state index is 11.7. The summed E-state index contributed by atoms with van der Waals surface area (Å²) >= 11 is 1.51. The summed E-state index contributed by atoms with van der Waals surface area (Å²) in [5.41, 5.74) is 1.74. The molecule has 6 heteroatoms. The number of amides is 1. The monoisotopic (exact) mass is 280 g/mol. The molecule has 1 N–H and O–H groups in total. The molecule has 0 saturated carbocycles. The van der Waals surface area contributed by atoms with Crippen molar-refractivity contribution < 1.29 is 14.3 Å². The van der Waals surface area contributed by atoms with E-state index in [0.717, 1.165) is 24.8 Å². The molecule has 0 spiro atoms. The van der Waals surface area contributed by atoms with E-state index in [4.69, 9.17) is 9.47 Å². The van der Waals surface area contributed by atoms with Crippen LogP contribution in [0.15, 0.2) is 0 Å². The average Bonchev–Trinajstić information content (AvgIpc) is 2.94. The highest BCUT2D eigenvalue weighted by molar-refractivity contribution is 7.16. The Bertz CT molecular complexity index is 505. The molecule has 0 fully saturated rings. The first-order valence-electron chi connectivity index (χ1n) is 6.17. The van der Waals surface area contributed by atoms with E-state index in [-0.39, 0.29) is 12.5 Å². The fourth-order valence-corrected chi connectivity index (χ4v) is 3.34. The van der Waals surface area contributed by atoms with Crippen molar-refractivity contribution in [1.82, 2.24) is 0 Å². The topological polar surface area (TPSA) is 71.3 Å². The van der Waals surface area contributed by atoms with E-state index in [0.29, 0.717) is 23.8 Å². The van der Waals surface area contributed by atoms with Crippen molar-refractivity contribution in [2.45, 2.75) is 19.3 Å². The zero-order valence-electron chi connectivity index (χ0n) is 10.8. The highest BCUT2D eigenvalue weighted by Gasteiger charge is 2.22. The molecule has 5 nitrogen and oxygen atoms in total. The molecule has 0 aromatic carbocycles. The van der Waals surface area contributed by atoms with Crippen molar-refractivity contribution in [3.63, 3.8) is 0 Å². The lowest BCUT2D eigenvalue weighted by Gasteiger charge is -2.05. The third-order valence-corrected chi connectivity index (χ3v) is 4.16. The van der Waals surface area contributed by atoms with Gasteiger partial charge in [0.15, 0.2) is 0 Å². The van der Waals surface area contributed by atoms with Crippen LogP contribution < -0.4 is 5.32 Å². The highest BCUT2D eigenvalue weighted by Crippen LogP contribution is 2.38. The molecule has 102 valence electrons. The number of ether oxygens (including phenoxy) is 2. The average molecular weight is 280 g/mol. The summed E-state index contributed by atoms with van der Waals surface area (Å²) in [5.74, 6) is -0.229. The van der Waals surface area contributed by atoms with Crippen LogP contribution >= 0.6 is 11.3 Å². The molecule has 1 amide bonds. The number of nitriles is 1. The Morgan fingerprint density at radius 2 is 2.32 bits per heavy atom. The number of carbonyl (C=O) groups is 1. The van der Waals surface area contributed by atoms with Crippen LogP contribution in [0.3, 0.4) is 0 Å². The summed E-state index contributed by atoms with van der Waals surface area (Å²) in [7, 11) is 1.58. The van der Waals surface area contributed by atoms with E-state index in [1.54, 1.807) is 7.11 Å².